The van der Waals surface area contributed by atoms with Gasteiger partial charge in [-0.2, -0.15) is 0 Å². The topological polar surface area (TPSA) is 24.1 Å². The van der Waals surface area contributed by atoms with Crippen molar-refractivity contribution >= 4 is 21.1 Å². The minimum absolute atomic E-state index is 0.468. The fourth-order valence-corrected chi connectivity index (χ4v) is 5.89. The Kier molecular flexibility index (Phi) is 7.13. The molecular formula is C29H36N2S. The molecule has 2 aliphatic rings. The molecule has 32 heavy (non-hydrogen) atoms. The molecule has 2 N–H and O–H groups in total. The van der Waals surface area contributed by atoms with E-state index in [0.29, 0.717) is 17.9 Å². The zero-order chi connectivity index (χ0) is 22.6. The molecule has 0 amide bonds. The maximum Gasteiger partial charge on any atom is 0.0397 e. The molecule has 2 aromatic carbocycles. The van der Waals surface area contributed by atoms with Crippen LogP contribution in [0.5, 0.6) is 0 Å². The van der Waals surface area contributed by atoms with Gasteiger partial charge in [0.15, 0.2) is 0 Å². The molecule has 0 aliphatic heterocycles. The zero-order valence-corrected chi connectivity index (χ0v) is 20.1. The molecule has 0 bridgehead atoms. The first-order valence-electron chi connectivity index (χ1n) is 11.8. The van der Waals surface area contributed by atoms with E-state index in [1.807, 2.05) is 0 Å². The Hall–Kier alpha value is -2.41. The molecule has 3 heteroatoms. The third-order valence-corrected chi connectivity index (χ3v) is 8.51. The molecule has 2 aromatic rings. The van der Waals surface area contributed by atoms with E-state index in [1.54, 1.807) is 0 Å². The van der Waals surface area contributed by atoms with Crippen molar-refractivity contribution in [3.05, 3.63) is 77.5 Å². The van der Waals surface area contributed by atoms with Gasteiger partial charge in [-0.15, -0.1) is 9.39 Å². The van der Waals surface area contributed by atoms with Crippen LogP contribution in [0.3, 0.4) is 0 Å². The molecule has 4 rings (SSSR count). The third-order valence-electron chi connectivity index (χ3n) is 6.56. The summed E-state index contributed by atoms with van der Waals surface area (Å²) in [6.07, 6.45) is 7.11. The van der Waals surface area contributed by atoms with Gasteiger partial charge in [0.1, 0.15) is 0 Å². The summed E-state index contributed by atoms with van der Waals surface area (Å²) >= 11 is 0. The number of aryl methyl sites for hydroxylation is 1. The lowest BCUT2D eigenvalue weighted by molar-refractivity contribution is 0.339. The van der Waals surface area contributed by atoms with Gasteiger partial charge in [-0.1, -0.05) is 60.0 Å². The van der Waals surface area contributed by atoms with Crippen LogP contribution in [0, 0.1) is 30.6 Å². The average Bonchev–Trinajstić information content (AvgIpc) is 3.62. The molecule has 0 heterocycles. The Morgan fingerprint density at radius 1 is 0.938 bits per heavy atom. The molecule has 0 saturated heterocycles. The van der Waals surface area contributed by atoms with Crippen molar-refractivity contribution in [1.82, 2.24) is 10.0 Å². The van der Waals surface area contributed by atoms with Gasteiger partial charge in [0.25, 0.3) is 0 Å². The van der Waals surface area contributed by atoms with Crippen LogP contribution < -0.4 is 10.0 Å². The second kappa shape index (κ2) is 10.0. The average molecular weight is 445 g/mol. The number of nitrogens with one attached hydrogen (secondary N) is 2. The van der Waals surface area contributed by atoms with E-state index >= 15 is 0 Å². The molecule has 2 nitrogen and oxygen atoms in total. The quantitative estimate of drug-likeness (QED) is 0.395. The largest absolute Gasteiger partial charge is 0.385 e. The first kappa shape index (κ1) is 22.8. The van der Waals surface area contributed by atoms with Gasteiger partial charge in [-0.3, -0.25) is 4.72 Å². The van der Waals surface area contributed by atoms with Crippen molar-refractivity contribution in [2.45, 2.75) is 62.9 Å². The van der Waals surface area contributed by atoms with Crippen LogP contribution in [0.1, 0.15) is 55.2 Å². The summed E-state index contributed by atoms with van der Waals surface area (Å²) in [7, 11) is -1.52. The van der Waals surface area contributed by atoms with Gasteiger partial charge in [-0.05, 0) is 81.2 Å². The van der Waals surface area contributed by atoms with Crippen LogP contribution in [-0.2, 0) is 6.54 Å². The van der Waals surface area contributed by atoms with Crippen LogP contribution in [0.25, 0.3) is 0 Å². The van der Waals surface area contributed by atoms with Gasteiger partial charge in [0.05, 0.1) is 0 Å². The second-order valence-electron chi connectivity index (χ2n) is 9.48. The molecule has 2 fully saturated rings. The van der Waals surface area contributed by atoms with Gasteiger partial charge in [-0.25, -0.2) is 0 Å². The van der Waals surface area contributed by atoms with Crippen molar-refractivity contribution < 1.29 is 0 Å². The maximum absolute atomic E-state index is 4.47. The Morgan fingerprint density at radius 2 is 1.59 bits per heavy atom. The number of hydrogen-bond acceptors (Lipinski definition) is 2. The van der Waals surface area contributed by atoms with E-state index in [2.05, 4.69) is 95.7 Å². The van der Waals surface area contributed by atoms with Gasteiger partial charge in [0, 0.05) is 34.7 Å². The van der Waals surface area contributed by atoms with Crippen molar-refractivity contribution in [2.75, 3.05) is 0 Å². The number of benzene rings is 2. The van der Waals surface area contributed by atoms with Gasteiger partial charge in [0.2, 0.25) is 0 Å². The third kappa shape index (κ3) is 6.31. The van der Waals surface area contributed by atoms with Crippen molar-refractivity contribution in [3.8, 4) is 11.8 Å². The molecule has 0 unspecified atom stereocenters. The van der Waals surface area contributed by atoms with Crippen LogP contribution >= 0.6 is 9.39 Å². The minimum Gasteiger partial charge on any atom is -0.385 e. The summed E-state index contributed by atoms with van der Waals surface area (Å²) in [6.45, 7) is 7.31. The predicted molar refractivity (Wildman–Crippen MR) is 142 cm³/mol. The Labute approximate surface area is 195 Å². The van der Waals surface area contributed by atoms with E-state index in [0.717, 1.165) is 37.8 Å². The van der Waals surface area contributed by atoms with Crippen LogP contribution in [-0.4, -0.2) is 17.8 Å². The van der Waals surface area contributed by atoms with E-state index < -0.39 is 9.39 Å². The summed E-state index contributed by atoms with van der Waals surface area (Å²) in [4.78, 5) is 1.20. The lowest BCUT2D eigenvalue weighted by Crippen LogP contribution is -2.33. The second-order valence-corrected chi connectivity index (χ2v) is 12.0. The highest BCUT2D eigenvalue weighted by atomic mass is 32.2. The standard InChI is InChI=1S/C29H36N2S/c1-22-5-7-26(8-6-22)21-30-23(2)27-15-17-28(18-16-27)31-32(3,4)29-19-13-25(14-20-29)12-11-24-9-10-24/h5-8,13-14,19-20,24,27-28,30-31H,2-4,9-10,15-18,21H2,1H3. The first-order chi connectivity index (χ1) is 15.4. The van der Waals surface area contributed by atoms with Crippen LogP contribution in [0.4, 0.5) is 0 Å². The monoisotopic (exact) mass is 444 g/mol. The van der Waals surface area contributed by atoms with Crippen LogP contribution in [0.15, 0.2) is 65.7 Å². The van der Waals surface area contributed by atoms with E-state index in [9.17, 15) is 0 Å². The highest BCUT2D eigenvalue weighted by Crippen LogP contribution is 2.34. The van der Waals surface area contributed by atoms with Crippen molar-refractivity contribution in [1.29, 1.82) is 0 Å². The molecule has 2 saturated carbocycles. The molecular weight excluding hydrogens is 408 g/mol. The minimum atomic E-state index is -1.52. The molecule has 2 aliphatic carbocycles. The van der Waals surface area contributed by atoms with Crippen molar-refractivity contribution in [3.63, 3.8) is 0 Å². The summed E-state index contributed by atoms with van der Waals surface area (Å²) in [5, 5.41) is 3.56. The SMILES string of the molecule is C=C(NCc1ccc(C)cc1)C1CCC(NS(=C)(=C)c2ccc(C#CC3CC3)cc2)CC1. The number of hydrogen-bond donors (Lipinski definition) is 2. The Bertz CT molecular complexity index is 1090. The fourth-order valence-electron chi connectivity index (χ4n) is 4.22. The summed E-state index contributed by atoms with van der Waals surface area (Å²) < 4.78 is 3.79. The van der Waals surface area contributed by atoms with E-state index in [-0.39, 0.29) is 0 Å². The lowest BCUT2D eigenvalue weighted by atomic mass is 9.84. The zero-order valence-electron chi connectivity index (χ0n) is 19.3. The van der Waals surface area contributed by atoms with Crippen LogP contribution in [0.2, 0.25) is 0 Å². The van der Waals surface area contributed by atoms with Crippen molar-refractivity contribution in [2.24, 2.45) is 11.8 Å². The first-order valence-corrected chi connectivity index (χ1v) is 13.7. The summed E-state index contributed by atoms with van der Waals surface area (Å²) in [5.74, 6) is 16.7. The molecule has 0 radical (unpaired) electrons. The lowest BCUT2D eigenvalue weighted by Gasteiger charge is -2.33. The predicted octanol–water partition coefficient (Wildman–Crippen LogP) is 6.15. The Morgan fingerprint density at radius 3 is 2.22 bits per heavy atom. The highest BCUT2D eigenvalue weighted by molar-refractivity contribution is 8.26. The van der Waals surface area contributed by atoms with E-state index in [1.165, 1.54) is 34.6 Å². The molecule has 168 valence electrons. The number of allylic oxidation sites excluding steroid dienone is 1. The Balaban J connectivity index is 1.25. The van der Waals surface area contributed by atoms with Gasteiger partial charge >= 0.3 is 0 Å². The fraction of sp³-hybridized carbons (Fsp3) is 0.379. The molecule has 0 aromatic heterocycles. The normalized spacial score (nSPS) is 20.8. The highest BCUT2D eigenvalue weighted by Gasteiger charge is 2.24. The summed E-state index contributed by atoms with van der Waals surface area (Å²) in [5.41, 5.74) is 4.87. The molecule has 0 atom stereocenters. The summed E-state index contributed by atoms with van der Waals surface area (Å²) in [6, 6.07) is 17.7. The van der Waals surface area contributed by atoms with Gasteiger partial charge < -0.3 is 5.32 Å². The number of rotatable bonds is 7. The maximum atomic E-state index is 4.47. The molecule has 0 spiro atoms. The smallest absolute Gasteiger partial charge is 0.0397 e. The van der Waals surface area contributed by atoms with E-state index in [4.69, 9.17) is 0 Å².